The Balaban J connectivity index is 1.14. The SMILES string of the molecule is CC(C)Cc1cc(-n2c3[n+]4c5c(cccc52)-c2cc(-c5ccccc5)cc5c2C4(Oc2c-3cc(C(C)C)cc2C(C)C)[n+]2ccc(-c3ccc(-c4ccccc4)cc3)cc2-5)ccc1-c1ccccc1. The van der Waals surface area contributed by atoms with Crippen LogP contribution in [0.25, 0.3) is 95.0 Å². The van der Waals surface area contributed by atoms with Crippen molar-refractivity contribution < 1.29 is 13.9 Å². The molecule has 0 radical (unpaired) electrons. The Bertz CT molecular complexity index is 3680. The van der Waals surface area contributed by atoms with Crippen LogP contribution in [0.2, 0.25) is 0 Å². The lowest BCUT2D eigenvalue weighted by atomic mass is 9.85. The molecule has 4 heteroatoms. The van der Waals surface area contributed by atoms with Gasteiger partial charge in [-0.1, -0.05) is 169 Å². The van der Waals surface area contributed by atoms with Crippen LogP contribution < -0.4 is 13.9 Å². The summed E-state index contributed by atoms with van der Waals surface area (Å²) < 4.78 is 15.7. The van der Waals surface area contributed by atoms with Crippen LogP contribution in [0, 0.1) is 5.92 Å². The van der Waals surface area contributed by atoms with Crippen LogP contribution in [-0.2, 0) is 12.3 Å². The topological polar surface area (TPSA) is 21.9 Å². The molecule has 0 fully saturated rings. The first-order valence-corrected chi connectivity index (χ1v) is 24.8. The lowest BCUT2D eigenvalue weighted by Crippen LogP contribution is -2.78. The summed E-state index contributed by atoms with van der Waals surface area (Å²) in [6.45, 7) is 13.9. The summed E-state index contributed by atoms with van der Waals surface area (Å²) in [5, 5.41) is 0. The number of aromatic nitrogens is 3. The smallest absolute Gasteiger partial charge is 0.392 e. The zero-order valence-corrected chi connectivity index (χ0v) is 40.2. The van der Waals surface area contributed by atoms with E-state index in [1.165, 1.54) is 83.4 Å². The predicted octanol–water partition coefficient (Wildman–Crippen LogP) is 15.5. The third-order valence-corrected chi connectivity index (χ3v) is 14.9. The molecule has 4 nitrogen and oxygen atoms in total. The number of hydrogen-bond donors (Lipinski definition) is 0. The molecular weight excluding hydrogens is 839 g/mol. The molecule has 13 rings (SSSR count). The van der Waals surface area contributed by atoms with E-state index in [1.807, 2.05) is 0 Å². The maximum Gasteiger partial charge on any atom is 0.499 e. The van der Waals surface area contributed by atoms with Gasteiger partial charge >= 0.3 is 11.7 Å². The Labute approximate surface area is 405 Å². The quantitative estimate of drug-likeness (QED) is 0.132. The number of imidazole rings is 1. The molecule has 0 N–H and O–H groups in total. The maximum absolute atomic E-state index is 8.10. The minimum Gasteiger partial charge on any atom is -0.392 e. The van der Waals surface area contributed by atoms with Gasteiger partial charge in [0.25, 0.3) is 0 Å². The molecule has 0 saturated heterocycles. The van der Waals surface area contributed by atoms with Crippen LogP contribution in [-0.4, -0.2) is 4.57 Å². The van der Waals surface area contributed by atoms with Crippen LogP contribution >= 0.6 is 0 Å². The van der Waals surface area contributed by atoms with Gasteiger partial charge in [0.05, 0.1) is 5.56 Å². The molecule has 8 aromatic carbocycles. The van der Waals surface area contributed by atoms with E-state index < -0.39 is 5.85 Å². The highest BCUT2D eigenvalue weighted by Crippen LogP contribution is 2.56. The van der Waals surface area contributed by atoms with Crippen molar-refractivity contribution in [3.05, 3.63) is 217 Å². The van der Waals surface area contributed by atoms with Gasteiger partial charge < -0.3 is 4.74 Å². The van der Waals surface area contributed by atoms with Gasteiger partial charge in [0.15, 0.2) is 23.0 Å². The largest absolute Gasteiger partial charge is 0.499 e. The van der Waals surface area contributed by atoms with E-state index >= 15 is 0 Å². The van der Waals surface area contributed by atoms with Crippen molar-refractivity contribution in [3.63, 3.8) is 0 Å². The molecule has 2 aromatic heterocycles. The van der Waals surface area contributed by atoms with Crippen molar-refractivity contribution in [2.45, 2.75) is 65.6 Å². The van der Waals surface area contributed by atoms with E-state index in [0.29, 0.717) is 11.8 Å². The number of fused-ring (bicyclic) bond motifs is 5. The van der Waals surface area contributed by atoms with Crippen LogP contribution in [0.1, 0.15) is 75.6 Å². The minimum absolute atomic E-state index is 0.215. The Morgan fingerprint density at radius 1 is 0.493 bits per heavy atom. The van der Waals surface area contributed by atoms with E-state index in [9.17, 15) is 0 Å². The van der Waals surface area contributed by atoms with Gasteiger partial charge in [-0.2, -0.15) is 4.57 Å². The van der Waals surface area contributed by atoms with Crippen molar-refractivity contribution in [2.75, 3.05) is 0 Å². The van der Waals surface area contributed by atoms with E-state index in [1.54, 1.807) is 0 Å². The normalized spacial score (nSPS) is 14.9. The fraction of sp³-hybridized carbons (Fsp3) is 0.169. The van der Waals surface area contributed by atoms with Crippen LogP contribution in [0.5, 0.6) is 5.75 Å². The second kappa shape index (κ2) is 15.6. The van der Waals surface area contributed by atoms with Crippen molar-refractivity contribution in [1.82, 2.24) is 4.57 Å². The van der Waals surface area contributed by atoms with E-state index in [0.717, 1.165) is 46.0 Å². The highest BCUT2D eigenvalue weighted by Gasteiger charge is 2.69. The maximum atomic E-state index is 8.10. The molecule has 1 atom stereocenters. The van der Waals surface area contributed by atoms with Crippen LogP contribution in [0.3, 0.4) is 0 Å². The summed E-state index contributed by atoms with van der Waals surface area (Å²) in [6.07, 6.45) is 3.27. The standard InChI is InChI=1S/C65H55N3O/c1-40(2)33-51-34-52(29-30-53(51)47-21-14-9-15-22-47)67-59-24-16-23-54-56-37-50(44-19-12-8-13-20-44)38-57-60-39-48(46-27-25-45(26-28-46)43-17-10-7-11-18-43)31-32-66(60)65(61(56)57)68(62(54)59)64(67)58-36-49(41(3)4)35-55(42(5)6)63(58)69-65/h7-32,34-42H,33H2,1-6H3/q+2. The highest BCUT2D eigenvalue weighted by molar-refractivity contribution is 5.99. The number of ether oxygens (including phenoxy) is 1. The molecule has 10 aromatic rings. The monoisotopic (exact) mass is 893 g/mol. The number of pyridine rings is 1. The predicted molar refractivity (Wildman–Crippen MR) is 282 cm³/mol. The van der Waals surface area contributed by atoms with Gasteiger partial charge in [-0.05, 0) is 134 Å². The second-order valence-corrected chi connectivity index (χ2v) is 20.4. The molecular formula is C65H55N3O+2. The fourth-order valence-corrected chi connectivity index (χ4v) is 11.7. The lowest BCUT2D eigenvalue weighted by molar-refractivity contribution is -0.997. The molecule has 5 heterocycles. The Morgan fingerprint density at radius 3 is 1.80 bits per heavy atom. The Hall–Kier alpha value is -7.82. The molecule has 0 bridgehead atoms. The molecule has 1 spiro atoms. The first-order valence-electron chi connectivity index (χ1n) is 24.8. The summed E-state index contributed by atoms with van der Waals surface area (Å²) in [7, 11) is 0. The van der Waals surface area contributed by atoms with Gasteiger partial charge in [0.1, 0.15) is 16.8 Å². The number of rotatable bonds is 9. The molecule has 69 heavy (non-hydrogen) atoms. The molecule has 3 aliphatic rings. The number of hydrogen-bond acceptors (Lipinski definition) is 1. The number of nitrogens with zero attached hydrogens (tertiary/aromatic N) is 3. The van der Waals surface area contributed by atoms with Gasteiger partial charge in [0.2, 0.25) is 5.69 Å². The minimum atomic E-state index is -1.07. The summed E-state index contributed by atoms with van der Waals surface area (Å²) in [4.78, 5) is 0. The molecule has 0 amide bonds. The zero-order valence-electron chi connectivity index (χ0n) is 40.2. The fourth-order valence-electron chi connectivity index (χ4n) is 11.7. The van der Waals surface area contributed by atoms with Gasteiger partial charge in [-0.3, -0.25) is 0 Å². The van der Waals surface area contributed by atoms with E-state index in [4.69, 9.17) is 4.74 Å². The van der Waals surface area contributed by atoms with E-state index in [-0.39, 0.29) is 5.92 Å². The molecule has 1 unspecified atom stereocenters. The van der Waals surface area contributed by atoms with Crippen molar-refractivity contribution in [1.29, 1.82) is 0 Å². The Morgan fingerprint density at radius 2 is 1.13 bits per heavy atom. The van der Waals surface area contributed by atoms with Gasteiger partial charge in [-0.25, -0.2) is 0 Å². The average molecular weight is 894 g/mol. The van der Waals surface area contributed by atoms with Crippen molar-refractivity contribution in [3.8, 4) is 89.7 Å². The summed E-state index contributed by atoms with van der Waals surface area (Å²) >= 11 is 0. The second-order valence-electron chi connectivity index (χ2n) is 20.4. The summed E-state index contributed by atoms with van der Waals surface area (Å²) in [6, 6.07) is 69.9. The summed E-state index contributed by atoms with van der Waals surface area (Å²) in [5.74, 6) is 2.04. The summed E-state index contributed by atoms with van der Waals surface area (Å²) in [5.41, 5.74) is 24.1. The zero-order chi connectivity index (χ0) is 46.7. The first-order chi connectivity index (χ1) is 33.7. The Kier molecular flexibility index (Phi) is 9.36. The lowest BCUT2D eigenvalue weighted by Gasteiger charge is -2.34. The van der Waals surface area contributed by atoms with Crippen molar-refractivity contribution in [2.24, 2.45) is 5.92 Å². The highest BCUT2D eigenvalue weighted by atomic mass is 16.5. The number of benzene rings is 8. The average Bonchev–Trinajstić information content (AvgIpc) is 3.88. The third-order valence-electron chi connectivity index (χ3n) is 14.9. The first kappa shape index (κ1) is 41.4. The molecule has 3 aliphatic heterocycles. The van der Waals surface area contributed by atoms with Gasteiger partial charge in [-0.15, -0.1) is 9.13 Å². The molecule has 334 valence electrons. The number of para-hydroxylation sites is 1. The van der Waals surface area contributed by atoms with E-state index in [2.05, 4.69) is 249 Å². The van der Waals surface area contributed by atoms with Gasteiger partial charge in [0, 0.05) is 23.3 Å². The molecule has 0 saturated carbocycles. The van der Waals surface area contributed by atoms with Crippen molar-refractivity contribution >= 4 is 11.0 Å². The third kappa shape index (κ3) is 6.21. The van der Waals surface area contributed by atoms with Crippen LogP contribution in [0.15, 0.2) is 194 Å². The molecule has 0 aliphatic carbocycles. The van der Waals surface area contributed by atoms with Crippen LogP contribution in [0.4, 0.5) is 0 Å².